The Hall–Kier alpha value is -1.29. The van der Waals surface area contributed by atoms with Crippen LogP contribution in [0.2, 0.25) is 0 Å². The van der Waals surface area contributed by atoms with Gasteiger partial charge in [0.05, 0.1) is 6.54 Å². The summed E-state index contributed by atoms with van der Waals surface area (Å²) in [4.78, 5) is 13.0. The molecule has 1 N–H and O–H groups in total. The van der Waals surface area contributed by atoms with Crippen LogP contribution in [-0.2, 0) is 6.54 Å². The van der Waals surface area contributed by atoms with Gasteiger partial charge in [0.25, 0.3) is 0 Å². The van der Waals surface area contributed by atoms with Crippen LogP contribution < -0.4 is 0 Å². The summed E-state index contributed by atoms with van der Waals surface area (Å²) in [5, 5.41) is 8.90. The summed E-state index contributed by atoms with van der Waals surface area (Å²) in [6.45, 7) is 6.72. The van der Waals surface area contributed by atoms with E-state index in [0.29, 0.717) is 23.9 Å². The lowest BCUT2D eigenvalue weighted by Crippen LogP contribution is -2.28. The van der Waals surface area contributed by atoms with E-state index in [2.05, 4.69) is 18.7 Å². The van der Waals surface area contributed by atoms with Gasteiger partial charge < -0.3 is 9.52 Å². The van der Waals surface area contributed by atoms with Gasteiger partial charge in [0.2, 0.25) is 5.76 Å². The van der Waals surface area contributed by atoms with Gasteiger partial charge in [-0.1, -0.05) is 13.3 Å². The standard InChI is InChI=1S/C13H21NO3/c1-5-6-10(3)14(4)8-11-7-9(2)12(17-11)13(15)16/h7,10H,5-6,8H2,1-4H3,(H,15,16). The van der Waals surface area contributed by atoms with Gasteiger partial charge in [0.15, 0.2) is 0 Å². The Morgan fingerprint density at radius 3 is 2.71 bits per heavy atom. The Kier molecular flexibility index (Phi) is 4.75. The first kappa shape index (κ1) is 13.8. The number of furan rings is 1. The number of rotatable bonds is 6. The molecule has 0 spiro atoms. The predicted molar refractivity (Wildman–Crippen MR) is 66.2 cm³/mol. The van der Waals surface area contributed by atoms with Crippen molar-refractivity contribution in [2.24, 2.45) is 0 Å². The van der Waals surface area contributed by atoms with E-state index in [1.807, 2.05) is 7.05 Å². The Balaban J connectivity index is 2.69. The van der Waals surface area contributed by atoms with Crippen LogP contribution in [0.25, 0.3) is 0 Å². The minimum Gasteiger partial charge on any atom is -0.475 e. The molecule has 4 nitrogen and oxygen atoms in total. The summed E-state index contributed by atoms with van der Waals surface area (Å²) in [6, 6.07) is 2.28. The predicted octanol–water partition coefficient (Wildman–Crippen LogP) is 2.91. The van der Waals surface area contributed by atoms with Crippen molar-refractivity contribution in [2.45, 2.75) is 46.2 Å². The maximum absolute atomic E-state index is 10.8. The summed E-state index contributed by atoms with van der Waals surface area (Å²) < 4.78 is 5.33. The van der Waals surface area contributed by atoms with Crippen molar-refractivity contribution in [3.8, 4) is 0 Å². The number of aryl methyl sites for hydroxylation is 1. The molecule has 17 heavy (non-hydrogen) atoms. The Labute approximate surface area is 102 Å². The summed E-state index contributed by atoms with van der Waals surface area (Å²) in [5.74, 6) is -0.236. The zero-order chi connectivity index (χ0) is 13.0. The van der Waals surface area contributed by atoms with Gasteiger partial charge in [-0.3, -0.25) is 4.90 Å². The van der Waals surface area contributed by atoms with Crippen LogP contribution in [0.4, 0.5) is 0 Å². The van der Waals surface area contributed by atoms with E-state index in [1.54, 1.807) is 13.0 Å². The molecule has 1 unspecified atom stereocenters. The second-order valence-electron chi connectivity index (χ2n) is 4.58. The fourth-order valence-electron chi connectivity index (χ4n) is 1.88. The molecule has 0 radical (unpaired) electrons. The number of carboxylic acid groups (broad SMARTS) is 1. The second-order valence-corrected chi connectivity index (χ2v) is 4.58. The van der Waals surface area contributed by atoms with E-state index in [0.717, 1.165) is 12.8 Å². The molecule has 0 saturated carbocycles. The van der Waals surface area contributed by atoms with Gasteiger partial charge in [-0.2, -0.15) is 0 Å². The highest BCUT2D eigenvalue weighted by molar-refractivity contribution is 5.86. The molecule has 0 saturated heterocycles. The lowest BCUT2D eigenvalue weighted by Gasteiger charge is -2.23. The van der Waals surface area contributed by atoms with E-state index >= 15 is 0 Å². The van der Waals surface area contributed by atoms with Gasteiger partial charge in [-0.15, -0.1) is 0 Å². The quantitative estimate of drug-likeness (QED) is 0.829. The van der Waals surface area contributed by atoms with Crippen molar-refractivity contribution >= 4 is 5.97 Å². The third kappa shape index (κ3) is 3.60. The molecular weight excluding hydrogens is 218 g/mol. The summed E-state index contributed by atoms with van der Waals surface area (Å²) in [5.41, 5.74) is 0.684. The van der Waals surface area contributed by atoms with E-state index in [1.165, 1.54) is 0 Å². The van der Waals surface area contributed by atoms with E-state index in [-0.39, 0.29) is 5.76 Å². The molecular formula is C13H21NO3. The lowest BCUT2D eigenvalue weighted by atomic mass is 10.1. The average Bonchev–Trinajstić information content (AvgIpc) is 2.59. The van der Waals surface area contributed by atoms with E-state index in [4.69, 9.17) is 9.52 Å². The minimum absolute atomic E-state index is 0.0524. The maximum Gasteiger partial charge on any atom is 0.372 e. The molecule has 0 aliphatic rings. The maximum atomic E-state index is 10.8. The summed E-state index contributed by atoms with van der Waals surface area (Å²) in [7, 11) is 2.03. The SMILES string of the molecule is CCCC(C)N(C)Cc1cc(C)c(C(=O)O)o1. The molecule has 1 atom stereocenters. The van der Waals surface area contributed by atoms with Gasteiger partial charge >= 0.3 is 5.97 Å². The molecule has 4 heteroatoms. The Morgan fingerprint density at radius 1 is 1.59 bits per heavy atom. The molecule has 0 amide bonds. The van der Waals surface area contributed by atoms with Crippen molar-refractivity contribution in [1.82, 2.24) is 4.90 Å². The molecule has 1 heterocycles. The number of nitrogens with zero attached hydrogens (tertiary/aromatic N) is 1. The fraction of sp³-hybridized carbons (Fsp3) is 0.615. The number of carbonyl (C=O) groups is 1. The van der Waals surface area contributed by atoms with Crippen molar-refractivity contribution in [2.75, 3.05) is 7.05 Å². The highest BCUT2D eigenvalue weighted by Crippen LogP contribution is 2.17. The Morgan fingerprint density at radius 2 is 2.24 bits per heavy atom. The molecule has 0 aliphatic heterocycles. The first-order valence-corrected chi connectivity index (χ1v) is 5.98. The number of hydrogen-bond acceptors (Lipinski definition) is 3. The van der Waals surface area contributed by atoms with Crippen molar-refractivity contribution in [3.63, 3.8) is 0 Å². The third-order valence-corrected chi connectivity index (χ3v) is 3.03. The van der Waals surface area contributed by atoms with Crippen LogP contribution in [0.15, 0.2) is 10.5 Å². The zero-order valence-corrected chi connectivity index (χ0v) is 11.0. The topological polar surface area (TPSA) is 53.7 Å². The molecule has 1 aromatic rings. The minimum atomic E-state index is -1.00. The van der Waals surface area contributed by atoms with Crippen LogP contribution in [0, 0.1) is 6.92 Å². The van der Waals surface area contributed by atoms with Gasteiger partial charge in [-0.05, 0) is 33.4 Å². The normalized spacial score (nSPS) is 13.0. The zero-order valence-electron chi connectivity index (χ0n) is 11.0. The molecule has 96 valence electrons. The highest BCUT2D eigenvalue weighted by atomic mass is 16.4. The van der Waals surface area contributed by atoms with Crippen LogP contribution in [-0.4, -0.2) is 29.1 Å². The van der Waals surface area contributed by atoms with Crippen molar-refractivity contribution < 1.29 is 14.3 Å². The second kappa shape index (κ2) is 5.87. The molecule has 0 aromatic carbocycles. The van der Waals surface area contributed by atoms with Crippen LogP contribution in [0.3, 0.4) is 0 Å². The van der Waals surface area contributed by atoms with Crippen LogP contribution in [0.5, 0.6) is 0 Å². The summed E-state index contributed by atoms with van der Waals surface area (Å²) >= 11 is 0. The monoisotopic (exact) mass is 239 g/mol. The number of aromatic carboxylic acids is 1. The largest absolute Gasteiger partial charge is 0.475 e. The van der Waals surface area contributed by atoms with E-state index < -0.39 is 5.97 Å². The molecule has 1 aromatic heterocycles. The van der Waals surface area contributed by atoms with Crippen molar-refractivity contribution in [1.29, 1.82) is 0 Å². The van der Waals surface area contributed by atoms with Gasteiger partial charge in [0.1, 0.15) is 5.76 Å². The fourth-order valence-corrected chi connectivity index (χ4v) is 1.88. The van der Waals surface area contributed by atoms with Gasteiger partial charge in [0, 0.05) is 11.6 Å². The number of carboxylic acids is 1. The highest BCUT2D eigenvalue weighted by Gasteiger charge is 2.16. The summed E-state index contributed by atoms with van der Waals surface area (Å²) in [6.07, 6.45) is 2.27. The van der Waals surface area contributed by atoms with Gasteiger partial charge in [-0.25, -0.2) is 4.79 Å². The van der Waals surface area contributed by atoms with E-state index in [9.17, 15) is 4.79 Å². The Bertz CT molecular complexity index is 384. The first-order valence-electron chi connectivity index (χ1n) is 5.98. The molecule has 1 rings (SSSR count). The number of hydrogen-bond donors (Lipinski definition) is 1. The average molecular weight is 239 g/mol. The van der Waals surface area contributed by atoms with Crippen LogP contribution in [0.1, 0.15) is 48.6 Å². The molecule has 0 bridgehead atoms. The van der Waals surface area contributed by atoms with Crippen molar-refractivity contribution in [3.05, 3.63) is 23.2 Å². The van der Waals surface area contributed by atoms with Crippen LogP contribution >= 0.6 is 0 Å². The molecule has 0 aliphatic carbocycles. The first-order chi connectivity index (χ1) is 7.95. The lowest BCUT2D eigenvalue weighted by molar-refractivity contribution is 0.0657. The molecule has 0 fully saturated rings. The smallest absolute Gasteiger partial charge is 0.372 e. The third-order valence-electron chi connectivity index (χ3n) is 3.03.